The topological polar surface area (TPSA) is 52.6 Å². The van der Waals surface area contributed by atoms with Gasteiger partial charge in [-0.15, -0.1) is 0 Å². The third-order valence-corrected chi connectivity index (χ3v) is 5.29. The lowest BCUT2D eigenvalue weighted by molar-refractivity contribution is -0.171. The molecule has 0 saturated carbocycles. The SMILES string of the molecule is CCCC[S+](CCCC)CC(=O)OCOC(=O)C(C)(C)C. The summed E-state index contributed by atoms with van der Waals surface area (Å²) >= 11 is 0. The molecule has 0 aromatic heterocycles. The van der Waals surface area contributed by atoms with E-state index >= 15 is 0 Å². The molecular formula is C16H31O4S+. The molecule has 0 amide bonds. The van der Waals surface area contributed by atoms with Crippen molar-refractivity contribution in [1.82, 2.24) is 0 Å². The molecule has 0 atom stereocenters. The fourth-order valence-corrected chi connectivity index (χ4v) is 3.82. The van der Waals surface area contributed by atoms with Crippen molar-refractivity contribution in [2.45, 2.75) is 60.3 Å². The summed E-state index contributed by atoms with van der Waals surface area (Å²) in [6.07, 6.45) is 4.60. The average molecular weight is 319 g/mol. The Labute approximate surface area is 132 Å². The monoisotopic (exact) mass is 319 g/mol. The average Bonchev–Trinajstić information content (AvgIpc) is 2.40. The smallest absolute Gasteiger partial charge is 0.359 e. The quantitative estimate of drug-likeness (QED) is 0.352. The van der Waals surface area contributed by atoms with Crippen LogP contribution in [0.1, 0.15) is 60.3 Å². The first kappa shape index (κ1) is 20.3. The van der Waals surface area contributed by atoms with Crippen LogP contribution in [0.5, 0.6) is 0 Å². The fourth-order valence-electron chi connectivity index (χ4n) is 1.52. The predicted molar refractivity (Wildman–Crippen MR) is 88.3 cm³/mol. The van der Waals surface area contributed by atoms with Crippen LogP contribution in [-0.4, -0.2) is 36.0 Å². The summed E-state index contributed by atoms with van der Waals surface area (Å²) in [5.41, 5.74) is -0.570. The highest BCUT2D eigenvalue weighted by molar-refractivity contribution is 7.97. The van der Waals surface area contributed by atoms with E-state index in [9.17, 15) is 9.59 Å². The van der Waals surface area contributed by atoms with Crippen molar-refractivity contribution in [1.29, 1.82) is 0 Å². The molecular weight excluding hydrogens is 288 g/mol. The number of rotatable bonds is 10. The molecule has 0 fully saturated rings. The molecule has 0 heterocycles. The zero-order valence-electron chi connectivity index (χ0n) is 14.2. The second kappa shape index (κ2) is 10.9. The van der Waals surface area contributed by atoms with Gasteiger partial charge in [0.05, 0.1) is 5.41 Å². The van der Waals surface area contributed by atoms with Gasteiger partial charge in [-0.3, -0.25) is 4.79 Å². The summed E-state index contributed by atoms with van der Waals surface area (Å²) in [5.74, 6) is 2.02. The molecule has 0 unspecified atom stereocenters. The number of carbonyl (C=O) groups is 2. The fraction of sp³-hybridized carbons (Fsp3) is 0.875. The summed E-state index contributed by atoms with van der Waals surface area (Å²) in [7, 11) is 0.0994. The Bertz CT molecular complexity index is 302. The van der Waals surface area contributed by atoms with Crippen LogP contribution in [0.15, 0.2) is 0 Å². The number of hydrogen-bond donors (Lipinski definition) is 0. The number of esters is 2. The lowest BCUT2D eigenvalue weighted by Crippen LogP contribution is -2.27. The highest BCUT2D eigenvalue weighted by atomic mass is 32.2. The summed E-state index contributed by atoms with van der Waals surface area (Å²) in [4.78, 5) is 23.3. The van der Waals surface area contributed by atoms with E-state index in [0.717, 1.165) is 37.2 Å². The zero-order valence-corrected chi connectivity index (χ0v) is 15.0. The summed E-state index contributed by atoms with van der Waals surface area (Å²) in [5, 5.41) is 0. The predicted octanol–water partition coefficient (Wildman–Crippen LogP) is 3.29. The van der Waals surface area contributed by atoms with Crippen LogP contribution in [0.25, 0.3) is 0 Å². The van der Waals surface area contributed by atoms with Gasteiger partial charge in [-0.1, -0.05) is 26.7 Å². The molecule has 0 bridgehead atoms. The third kappa shape index (κ3) is 10.6. The van der Waals surface area contributed by atoms with Gasteiger partial charge in [0.15, 0.2) is 0 Å². The minimum Gasteiger partial charge on any atom is -0.427 e. The maximum absolute atomic E-state index is 11.8. The van der Waals surface area contributed by atoms with Gasteiger partial charge in [0.25, 0.3) is 0 Å². The molecule has 0 aliphatic rings. The largest absolute Gasteiger partial charge is 0.427 e. The molecule has 0 aliphatic carbocycles. The molecule has 0 N–H and O–H groups in total. The van der Waals surface area contributed by atoms with Crippen molar-refractivity contribution < 1.29 is 19.1 Å². The van der Waals surface area contributed by atoms with Crippen LogP contribution in [0.2, 0.25) is 0 Å². The van der Waals surface area contributed by atoms with Crippen LogP contribution < -0.4 is 0 Å². The second-order valence-electron chi connectivity index (χ2n) is 6.19. The maximum atomic E-state index is 11.8. The first-order valence-electron chi connectivity index (χ1n) is 7.78. The van der Waals surface area contributed by atoms with E-state index in [1.165, 1.54) is 0 Å². The lowest BCUT2D eigenvalue weighted by atomic mass is 9.98. The molecule has 0 aromatic carbocycles. The van der Waals surface area contributed by atoms with Crippen molar-refractivity contribution in [3.8, 4) is 0 Å². The van der Waals surface area contributed by atoms with Crippen LogP contribution in [-0.2, 0) is 30.0 Å². The Morgan fingerprint density at radius 2 is 1.48 bits per heavy atom. The Morgan fingerprint density at radius 1 is 0.952 bits per heavy atom. The molecule has 0 rings (SSSR count). The maximum Gasteiger partial charge on any atom is 0.359 e. The van der Waals surface area contributed by atoms with E-state index in [1.807, 2.05) is 0 Å². The van der Waals surface area contributed by atoms with Crippen LogP contribution in [0.4, 0.5) is 0 Å². The molecule has 5 heteroatoms. The van der Waals surface area contributed by atoms with E-state index in [0.29, 0.717) is 5.75 Å². The standard InChI is InChI=1S/C16H31O4S/c1-6-8-10-21(11-9-7-2)12-14(17)19-13-20-15(18)16(3,4)5/h6-13H2,1-5H3/q+1. The Kier molecular flexibility index (Phi) is 10.6. The van der Waals surface area contributed by atoms with Gasteiger partial charge in [0.1, 0.15) is 11.5 Å². The molecule has 124 valence electrons. The Morgan fingerprint density at radius 3 is 1.90 bits per heavy atom. The van der Waals surface area contributed by atoms with Gasteiger partial charge in [-0.05, 0) is 44.5 Å². The van der Waals surface area contributed by atoms with Gasteiger partial charge in [0.2, 0.25) is 12.5 Å². The van der Waals surface area contributed by atoms with Crippen molar-refractivity contribution in [2.75, 3.05) is 24.1 Å². The van der Waals surface area contributed by atoms with Crippen molar-refractivity contribution in [3.63, 3.8) is 0 Å². The van der Waals surface area contributed by atoms with E-state index < -0.39 is 5.41 Å². The van der Waals surface area contributed by atoms with Crippen LogP contribution >= 0.6 is 0 Å². The first-order chi connectivity index (χ1) is 9.81. The van der Waals surface area contributed by atoms with Gasteiger partial charge < -0.3 is 9.47 Å². The summed E-state index contributed by atoms with van der Waals surface area (Å²) in [6.45, 7) is 9.35. The molecule has 0 aromatic rings. The van der Waals surface area contributed by atoms with Crippen LogP contribution in [0.3, 0.4) is 0 Å². The highest BCUT2D eigenvalue weighted by Crippen LogP contribution is 2.15. The summed E-state index contributed by atoms with van der Waals surface area (Å²) < 4.78 is 9.97. The molecule has 21 heavy (non-hydrogen) atoms. The summed E-state index contributed by atoms with van der Waals surface area (Å²) in [6, 6.07) is 0. The van der Waals surface area contributed by atoms with Crippen molar-refractivity contribution in [2.24, 2.45) is 5.41 Å². The van der Waals surface area contributed by atoms with Gasteiger partial charge in [0, 0.05) is 0 Å². The molecule has 0 saturated heterocycles. The van der Waals surface area contributed by atoms with Crippen LogP contribution in [0, 0.1) is 5.41 Å². The lowest BCUT2D eigenvalue weighted by Gasteiger charge is -2.16. The molecule has 4 nitrogen and oxygen atoms in total. The first-order valence-corrected chi connectivity index (χ1v) is 9.51. The van der Waals surface area contributed by atoms with E-state index in [2.05, 4.69) is 13.8 Å². The van der Waals surface area contributed by atoms with Gasteiger partial charge in [-0.2, -0.15) is 0 Å². The van der Waals surface area contributed by atoms with Crippen molar-refractivity contribution >= 4 is 22.8 Å². The molecule has 0 spiro atoms. The molecule has 0 radical (unpaired) electrons. The normalized spacial score (nSPS) is 11.5. The van der Waals surface area contributed by atoms with E-state index in [-0.39, 0.29) is 29.6 Å². The van der Waals surface area contributed by atoms with Gasteiger partial charge >= 0.3 is 11.9 Å². The molecule has 0 aliphatic heterocycles. The number of ether oxygens (including phenoxy) is 2. The highest BCUT2D eigenvalue weighted by Gasteiger charge is 2.25. The number of unbranched alkanes of at least 4 members (excludes halogenated alkanes) is 2. The van der Waals surface area contributed by atoms with Crippen molar-refractivity contribution in [3.05, 3.63) is 0 Å². The Hall–Kier alpha value is -0.710. The minimum absolute atomic E-state index is 0.0994. The zero-order chi connectivity index (χ0) is 16.3. The van der Waals surface area contributed by atoms with E-state index in [1.54, 1.807) is 20.8 Å². The van der Waals surface area contributed by atoms with Gasteiger partial charge in [-0.25, -0.2) is 4.79 Å². The third-order valence-electron chi connectivity index (χ3n) is 2.92. The Balaban J connectivity index is 4.04. The second-order valence-corrected chi connectivity index (χ2v) is 8.52. The number of hydrogen-bond acceptors (Lipinski definition) is 4. The number of carbonyl (C=O) groups excluding carboxylic acids is 2. The van der Waals surface area contributed by atoms with E-state index in [4.69, 9.17) is 9.47 Å². The minimum atomic E-state index is -0.570.